The van der Waals surface area contributed by atoms with Gasteiger partial charge in [0, 0.05) is 21.7 Å². The highest BCUT2D eigenvalue weighted by atomic mass is 35.5. The molecule has 8 heteroatoms. The van der Waals surface area contributed by atoms with Crippen LogP contribution in [-0.2, 0) is 0 Å². The molecule has 2 atom stereocenters. The third kappa shape index (κ3) is 5.77. The first-order valence-electron chi connectivity index (χ1n) is 11.6. The minimum absolute atomic E-state index is 0. The SMILES string of the molecule is COc1cc2cc(C(=O)CC[NH+]3CCN(c4ccc(Cl)cc4)CC3C)ccc2c(OC)c1OC.[Cl-]. The van der Waals surface area contributed by atoms with Gasteiger partial charge in [0.05, 0.1) is 53.9 Å². The summed E-state index contributed by atoms with van der Waals surface area (Å²) in [5.74, 6) is 1.88. The fourth-order valence-electron chi connectivity index (χ4n) is 4.80. The lowest BCUT2D eigenvalue weighted by atomic mass is 10.0. The number of ketones is 1. The third-order valence-electron chi connectivity index (χ3n) is 6.72. The first-order valence-corrected chi connectivity index (χ1v) is 11.9. The van der Waals surface area contributed by atoms with Crippen molar-refractivity contribution in [1.29, 1.82) is 0 Å². The second kappa shape index (κ2) is 11.8. The zero-order valence-electron chi connectivity index (χ0n) is 20.6. The molecule has 188 valence electrons. The van der Waals surface area contributed by atoms with E-state index in [0.717, 1.165) is 42.0 Å². The van der Waals surface area contributed by atoms with Gasteiger partial charge >= 0.3 is 0 Å². The number of ether oxygens (including phenoxy) is 3. The molecule has 1 fully saturated rings. The largest absolute Gasteiger partial charge is 1.00 e. The summed E-state index contributed by atoms with van der Waals surface area (Å²) in [5.41, 5.74) is 1.90. The molecule has 1 N–H and O–H groups in total. The van der Waals surface area contributed by atoms with Crippen molar-refractivity contribution in [3.63, 3.8) is 0 Å². The molecule has 1 aliphatic heterocycles. The standard InChI is InChI=1S/C27H31ClN2O4.ClH/c1-18-17-30(22-8-6-21(28)7-9-22)14-13-29(18)12-11-24(31)19-5-10-23-20(15-19)16-25(32-2)27(34-4)26(23)33-3;/h5-10,15-16,18H,11-14,17H2,1-4H3;1H. The van der Waals surface area contributed by atoms with Crippen molar-refractivity contribution < 1.29 is 36.3 Å². The number of Topliss-reactive ketones (excluding diaryl/α,β-unsaturated/α-hetero) is 1. The van der Waals surface area contributed by atoms with Crippen LogP contribution in [0.3, 0.4) is 0 Å². The molecule has 0 aromatic heterocycles. The quantitative estimate of drug-likeness (QED) is 0.449. The summed E-state index contributed by atoms with van der Waals surface area (Å²) in [6.45, 7) is 6.00. The van der Waals surface area contributed by atoms with Gasteiger partial charge in [-0.05, 0) is 54.8 Å². The number of halogens is 2. The summed E-state index contributed by atoms with van der Waals surface area (Å²) in [5, 5.41) is 2.52. The summed E-state index contributed by atoms with van der Waals surface area (Å²) >= 11 is 6.03. The predicted molar refractivity (Wildman–Crippen MR) is 136 cm³/mol. The third-order valence-corrected chi connectivity index (χ3v) is 6.97. The molecule has 0 bridgehead atoms. The molecule has 2 unspecified atom stereocenters. The van der Waals surface area contributed by atoms with Gasteiger partial charge in [0.1, 0.15) is 6.04 Å². The molecule has 0 saturated carbocycles. The average molecular weight is 519 g/mol. The van der Waals surface area contributed by atoms with Gasteiger partial charge in [0.25, 0.3) is 0 Å². The molecule has 3 aromatic carbocycles. The molecule has 3 aromatic rings. The molecular weight excluding hydrogens is 487 g/mol. The number of nitrogens with one attached hydrogen (secondary N) is 1. The second-order valence-corrected chi connectivity index (χ2v) is 9.17. The van der Waals surface area contributed by atoms with Crippen LogP contribution >= 0.6 is 11.6 Å². The normalized spacial score (nSPS) is 17.6. The van der Waals surface area contributed by atoms with Crippen LogP contribution in [0.15, 0.2) is 48.5 Å². The molecule has 0 aliphatic carbocycles. The Morgan fingerprint density at radius 1 is 1.03 bits per heavy atom. The van der Waals surface area contributed by atoms with Gasteiger partial charge in [-0.3, -0.25) is 4.79 Å². The average Bonchev–Trinajstić information content (AvgIpc) is 2.86. The van der Waals surface area contributed by atoms with E-state index >= 15 is 0 Å². The number of anilines is 1. The van der Waals surface area contributed by atoms with E-state index in [-0.39, 0.29) is 18.2 Å². The van der Waals surface area contributed by atoms with Crippen molar-refractivity contribution in [2.75, 3.05) is 52.4 Å². The molecular formula is C27H32Cl2N2O4. The number of hydrogen-bond acceptors (Lipinski definition) is 5. The predicted octanol–water partition coefficient (Wildman–Crippen LogP) is 0.889. The molecule has 0 spiro atoms. The summed E-state index contributed by atoms with van der Waals surface area (Å²) in [4.78, 5) is 16.9. The lowest BCUT2D eigenvalue weighted by Gasteiger charge is -2.38. The Morgan fingerprint density at radius 2 is 1.74 bits per heavy atom. The van der Waals surface area contributed by atoms with Gasteiger partial charge in [-0.25, -0.2) is 0 Å². The van der Waals surface area contributed by atoms with Crippen LogP contribution < -0.4 is 36.4 Å². The number of carbonyl (C=O) groups excluding carboxylic acids is 1. The zero-order chi connectivity index (χ0) is 24.2. The van der Waals surface area contributed by atoms with Gasteiger partial charge in [0.2, 0.25) is 5.75 Å². The van der Waals surface area contributed by atoms with Crippen LogP contribution in [0, 0.1) is 0 Å². The number of quaternary nitrogens is 1. The molecule has 1 aliphatic rings. The van der Waals surface area contributed by atoms with Crippen LogP contribution in [0.2, 0.25) is 5.02 Å². The maximum absolute atomic E-state index is 13.1. The van der Waals surface area contributed by atoms with Crippen molar-refractivity contribution >= 4 is 33.8 Å². The molecule has 35 heavy (non-hydrogen) atoms. The zero-order valence-corrected chi connectivity index (χ0v) is 22.1. The minimum Gasteiger partial charge on any atom is -1.00 e. The van der Waals surface area contributed by atoms with E-state index in [0.29, 0.717) is 35.3 Å². The van der Waals surface area contributed by atoms with E-state index in [4.69, 9.17) is 25.8 Å². The number of nitrogens with zero attached hydrogens (tertiary/aromatic N) is 1. The highest BCUT2D eigenvalue weighted by Crippen LogP contribution is 2.43. The summed E-state index contributed by atoms with van der Waals surface area (Å²) in [7, 11) is 4.78. The Balaban J connectivity index is 0.00000342. The molecule has 0 radical (unpaired) electrons. The van der Waals surface area contributed by atoms with E-state index in [1.54, 1.807) is 21.3 Å². The van der Waals surface area contributed by atoms with Gasteiger partial charge in [-0.1, -0.05) is 17.7 Å². The highest BCUT2D eigenvalue weighted by Gasteiger charge is 2.27. The lowest BCUT2D eigenvalue weighted by molar-refractivity contribution is -0.923. The maximum Gasteiger partial charge on any atom is 0.203 e. The van der Waals surface area contributed by atoms with Crippen LogP contribution in [0.5, 0.6) is 17.2 Å². The molecule has 6 nitrogen and oxygen atoms in total. The number of rotatable bonds is 8. The van der Waals surface area contributed by atoms with Crippen molar-refractivity contribution in [2.45, 2.75) is 19.4 Å². The highest BCUT2D eigenvalue weighted by molar-refractivity contribution is 6.30. The van der Waals surface area contributed by atoms with Crippen LogP contribution in [-0.4, -0.2) is 59.3 Å². The minimum atomic E-state index is 0. The van der Waals surface area contributed by atoms with Crippen LogP contribution in [0.1, 0.15) is 23.7 Å². The smallest absolute Gasteiger partial charge is 0.203 e. The second-order valence-electron chi connectivity index (χ2n) is 8.74. The summed E-state index contributed by atoms with van der Waals surface area (Å²) in [6, 6.07) is 16.0. The number of carbonyl (C=O) groups is 1. The van der Waals surface area contributed by atoms with E-state index in [1.807, 2.05) is 36.4 Å². The van der Waals surface area contributed by atoms with Crippen LogP contribution in [0.4, 0.5) is 5.69 Å². The number of methoxy groups -OCH3 is 3. The van der Waals surface area contributed by atoms with E-state index < -0.39 is 0 Å². The molecule has 0 amide bonds. The van der Waals surface area contributed by atoms with Crippen molar-refractivity contribution in [3.8, 4) is 17.2 Å². The first kappa shape index (κ1) is 26.9. The first-order chi connectivity index (χ1) is 16.4. The van der Waals surface area contributed by atoms with Gasteiger partial charge in [-0.15, -0.1) is 0 Å². The summed E-state index contributed by atoms with van der Waals surface area (Å²) < 4.78 is 16.5. The van der Waals surface area contributed by atoms with Gasteiger partial charge in [0.15, 0.2) is 17.3 Å². The Hall–Kier alpha value is -2.67. The van der Waals surface area contributed by atoms with E-state index in [9.17, 15) is 4.79 Å². The van der Waals surface area contributed by atoms with Gasteiger partial charge in [-0.2, -0.15) is 0 Å². The van der Waals surface area contributed by atoms with E-state index in [1.165, 1.54) is 10.6 Å². The lowest BCUT2D eigenvalue weighted by Crippen LogP contribution is -3.18. The van der Waals surface area contributed by atoms with Crippen molar-refractivity contribution in [1.82, 2.24) is 0 Å². The Kier molecular flexibility index (Phi) is 9.11. The van der Waals surface area contributed by atoms with Crippen molar-refractivity contribution in [2.24, 2.45) is 0 Å². The molecule has 1 saturated heterocycles. The maximum atomic E-state index is 13.1. The number of piperazine rings is 1. The number of benzene rings is 3. The van der Waals surface area contributed by atoms with E-state index in [2.05, 4.69) is 24.0 Å². The summed E-state index contributed by atoms with van der Waals surface area (Å²) in [6.07, 6.45) is 0.510. The van der Waals surface area contributed by atoms with Crippen molar-refractivity contribution in [3.05, 3.63) is 59.1 Å². The monoisotopic (exact) mass is 518 g/mol. The molecule has 4 rings (SSSR count). The Bertz CT molecular complexity index is 1170. The Morgan fingerprint density at radius 3 is 2.37 bits per heavy atom. The fraction of sp³-hybridized carbons (Fsp3) is 0.370. The molecule has 1 heterocycles. The Labute approximate surface area is 218 Å². The fourth-order valence-corrected chi connectivity index (χ4v) is 4.93. The number of fused-ring (bicyclic) bond motifs is 1. The topological polar surface area (TPSA) is 52.4 Å². The van der Waals surface area contributed by atoms with Gasteiger partial charge < -0.3 is 36.4 Å². The van der Waals surface area contributed by atoms with Crippen LogP contribution in [0.25, 0.3) is 10.8 Å². The number of hydrogen-bond donors (Lipinski definition) is 1.